The number of allylic oxidation sites excluding steroid dienone is 1. The molecule has 0 aliphatic rings. The van der Waals surface area contributed by atoms with Crippen LogP contribution in [0.2, 0.25) is 0 Å². The molecule has 1 rings (SSSR count). The van der Waals surface area contributed by atoms with E-state index in [2.05, 4.69) is 28.4 Å². The lowest BCUT2D eigenvalue weighted by Crippen LogP contribution is -2.45. The van der Waals surface area contributed by atoms with Gasteiger partial charge in [-0.15, -0.1) is 6.58 Å². The number of amides is 1. The average molecular weight is 293 g/mol. The Balaban J connectivity index is 2.90. The Bertz CT molecular complexity index is 498. The maximum atomic E-state index is 12.0. The molecule has 0 radical (unpaired) electrons. The second-order valence-electron chi connectivity index (χ2n) is 6.81. The van der Waals surface area contributed by atoms with Crippen molar-refractivity contribution in [3.05, 3.63) is 30.9 Å². The Morgan fingerprint density at radius 3 is 2.62 bits per heavy atom. The van der Waals surface area contributed by atoms with Gasteiger partial charge >= 0.3 is 6.09 Å². The largest absolute Gasteiger partial charge is 0.444 e. The van der Waals surface area contributed by atoms with E-state index in [-0.39, 0.29) is 6.04 Å². The molecule has 0 spiro atoms. The predicted octanol–water partition coefficient (Wildman–Crippen LogP) is 3.78. The molecule has 0 saturated carbocycles. The number of hydrogen-bond donors (Lipinski definition) is 1. The number of carbonyl (C=O) groups is 1. The fraction of sp³-hybridized carbons (Fsp3) is 0.625. The molecule has 5 nitrogen and oxygen atoms in total. The van der Waals surface area contributed by atoms with E-state index in [4.69, 9.17) is 4.74 Å². The van der Waals surface area contributed by atoms with Gasteiger partial charge in [-0.05, 0) is 48.0 Å². The molecule has 0 saturated heterocycles. The predicted molar refractivity (Wildman–Crippen MR) is 84.1 cm³/mol. The fourth-order valence-corrected chi connectivity index (χ4v) is 2.12. The lowest BCUT2D eigenvalue weighted by atomic mass is 10.0. The van der Waals surface area contributed by atoms with E-state index >= 15 is 0 Å². The van der Waals surface area contributed by atoms with Crippen molar-refractivity contribution in [3.63, 3.8) is 0 Å². The zero-order chi connectivity index (χ0) is 16.3. The third-order valence-corrected chi connectivity index (χ3v) is 3.10. The van der Waals surface area contributed by atoms with Crippen LogP contribution in [0.5, 0.6) is 0 Å². The number of imidazole rings is 1. The molecule has 0 aromatic carbocycles. The lowest BCUT2D eigenvalue weighted by Gasteiger charge is -2.30. The van der Waals surface area contributed by atoms with Crippen molar-refractivity contribution in [2.75, 3.05) is 0 Å². The number of ether oxygens (including phenoxy) is 1. The van der Waals surface area contributed by atoms with Gasteiger partial charge in [0.2, 0.25) is 0 Å². The first-order chi connectivity index (χ1) is 9.57. The Morgan fingerprint density at radius 1 is 1.48 bits per heavy atom. The summed E-state index contributed by atoms with van der Waals surface area (Å²) in [5.74, 6) is 0. The molecule has 1 aromatic rings. The van der Waals surface area contributed by atoms with Gasteiger partial charge in [0.25, 0.3) is 0 Å². The summed E-state index contributed by atoms with van der Waals surface area (Å²) in [5.41, 5.74) is -0.159. The van der Waals surface area contributed by atoms with Gasteiger partial charge in [-0.25, -0.2) is 9.78 Å². The van der Waals surface area contributed by atoms with Crippen molar-refractivity contribution in [2.24, 2.45) is 0 Å². The Morgan fingerprint density at radius 2 is 2.10 bits per heavy atom. The van der Waals surface area contributed by atoms with Crippen LogP contribution in [-0.2, 0) is 10.3 Å². The first-order valence-electron chi connectivity index (χ1n) is 7.21. The monoisotopic (exact) mass is 293 g/mol. The Kier molecular flexibility index (Phi) is 5.20. The van der Waals surface area contributed by atoms with Crippen molar-refractivity contribution in [3.8, 4) is 0 Å². The van der Waals surface area contributed by atoms with Gasteiger partial charge in [-0.3, -0.25) is 0 Å². The fourth-order valence-electron chi connectivity index (χ4n) is 2.12. The van der Waals surface area contributed by atoms with Gasteiger partial charge in [-0.2, -0.15) is 0 Å². The van der Waals surface area contributed by atoms with E-state index in [1.807, 2.05) is 40.7 Å². The molecule has 21 heavy (non-hydrogen) atoms. The van der Waals surface area contributed by atoms with Gasteiger partial charge in [0.05, 0.1) is 23.8 Å². The normalized spacial score (nSPS) is 13.6. The summed E-state index contributed by atoms with van der Waals surface area (Å²) in [6.45, 7) is 15.3. The molecule has 1 atom stereocenters. The zero-order valence-corrected chi connectivity index (χ0v) is 13.9. The van der Waals surface area contributed by atoms with Crippen molar-refractivity contribution in [2.45, 2.75) is 65.1 Å². The van der Waals surface area contributed by atoms with Gasteiger partial charge < -0.3 is 14.6 Å². The van der Waals surface area contributed by atoms with Crippen LogP contribution in [0.15, 0.2) is 25.2 Å². The quantitative estimate of drug-likeness (QED) is 0.840. The van der Waals surface area contributed by atoms with Gasteiger partial charge in [0.1, 0.15) is 5.60 Å². The van der Waals surface area contributed by atoms with Crippen LogP contribution in [-0.4, -0.2) is 21.2 Å². The molecule has 1 aromatic heterocycles. The number of carbonyl (C=O) groups excluding carboxylic acids is 1. The Labute approximate surface area is 127 Å². The number of alkyl carbamates (subject to hydrolysis) is 1. The molecule has 5 heteroatoms. The zero-order valence-electron chi connectivity index (χ0n) is 13.9. The van der Waals surface area contributed by atoms with E-state index in [9.17, 15) is 4.79 Å². The smallest absolute Gasteiger partial charge is 0.408 e. The average Bonchev–Trinajstić information content (AvgIpc) is 2.74. The van der Waals surface area contributed by atoms with Gasteiger partial charge in [-0.1, -0.05) is 6.08 Å². The molecule has 0 fully saturated rings. The second kappa shape index (κ2) is 6.33. The molecule has 1 unspecified atom stereocenters. The molecule has 118 valence electrons. The highest BCUT2D eigenvalue weighted by atomic mass is 16.6. The summed E-state index contributed by atoms with van der Waals surface area (Å²) >= 11 is 0. The van der Waals surface area contributed by atoms with Crippen LogP contribution in [0.3, 0.4) is 0 Å². The molecule has 1 N–H and O–H groups in total. The molecular formula is C16H27N3O2. The molecule has 0 aliphatic heterocycles. The van der Waals surface area contributed by atoms with E-state index in [0.29, 0.717) is 0 Å². The van der Waals surface area contributed by atoms with E-state index in [1.54, 1.807) is 12.5 Å². The maximum absolute atomic E-state index is 12.0. The summed E-state index contributed by atoms with van der Waals surface area (Å²) in [4.78, 5) is 16.2. The summed E-state index contributed by atoms with van der Waals surface area (Å²) < 4.78 is 7.38. The minimum atomic E-state index is -0.575. The molecular weight excluding hydrogens is 266 g/mol. The first-order valence-corrected chi connectivity index (χ1v) is 7.21. The van der Waals surface area contributed by atoms with Crippen LogP contribution in [0.1, 0.15) is 59.7 Å². The highest BCUT2D eigenvalue weighted by Gasteiger charge is 2.29. The second-order valence-corrected chi connectivity index (χ2v) is 6.81. The Hall–Kier alpha value is -1.78. The number of rotatable bonds is 5. The third kappa shape index (κ3) is 4.92. The first kappa shape index (κ1) is 17.3. The van der Waals surface area contributed by atoms with Crippen LogP contribution in [0, 0.1) is 0 Å². The number of aromatic nitrogens is 2. The van der Waals surface area contributed by atoms with Crippen molar-refractivity contribution in [1.29, 1.82) is 0 Å². The van der Waals surface area contributed by atoms with Crippen molar-refractivity contribution < 1.29 is 9.53 Å². The third-order valence-electron chi connectivity index (χ3n) is 3.10. The SMILES string of the molecule is C=CCC(C)n1cncc1C(C)(C)NC(=O)OC(C)(C)C. The number of nitrogens with zero attached hydrogens (tertiary/aromatic N) is 2. The van der Waals surface area contributed by atoms with Crippen LogP contribution in [0.25, 0.3) is 0 Å². The summed E-state index contributed by atoms with van der Waals surface area (Å²) in [5, 5.41) is 2.90. The summed E-state index contributed by atoms with van der Waals surface area (Å²) in [7, 11) is 0. The summed E-state index contributed by atoms with van der Waals surface area (Å²) in [6, 6.07) is 0.236. The molecule has 1 heterocycles. The van der Waals surface area contributed by atoms with E-state index in [1.165, 1.54) is 0 Å². The van der Waals surface area contributed by atoms with Crippen molar-refractivity contribution >= 4 is 6.09 Å². The minimum absolute atomic E-state index is 0.236. The molecule has 0 bridgehead atoms. The lowest BCUT2D eigenvalue weighted by molar-refractivity contribution is 0.0466. The van der Waals surface area contributed by atoms with Crippen LogP contribution < -0.4 is 5.32 Å². The van der Waals surface area contributed by atoms with Gasteiger partial charge in [0.15, 0.2) is 0 Å². The van der Waals surface area contributed by atoms with Crippen molar-refractivity contribution in [1.82, 2.24) is 14.9 Å². The number of nitrogens with one attached hydrogen (secondary N) is 1. The highest BCUT2D eigenvalue weighted by molar-refractivity contribution is 5.68. The van der Waals surface area contributed by atoms with Crippen LogP contribution >= 0.6 is 0 Å². The maximum Gasteiger partial charge on any atom is 0.408 e. The van der Waals surface area contributed by atoms with Gasteiger partial charge in [0, 0.05) is 6.04 Å². The minimum Gasteiger partial charge on any atom is -0.444 e. The molecule has 0 aliphatic carbocycles. The molecule has 1 amide bonds. The topological polar surface area (TPSA) is 56.2 Å². The van der Waals surface area contributed by atoms with E-state index < -0.39 is 17.2 Å². The standard InChI is InChI=1S/C16H27N3O2/c1-8-9-12(2)19-11-17-10-13(19)16(6,7)18-14(20)21-15(3,4)5/h8,10-12H,1,9H2,2-7H3,(H,18,20). The van der Waals surface area contributed by atoms with Crippen LogP contribution in [0.4, 0.5) is 4.79 Å². The highest BCUT2D eigenvalue weighted by Crippen LogP contribution is 2.25. The summed E-state index contributed by atoms with van der Waals surface area (Å²) in [6.07, 6.45) is 5.84. The number of hydrogen-bond acceptors (Lipinski definition) is 3. The van der Waals surface area contributed by atoms with E-state index in [0.717, 1.165) is 12.1 Å².